The number of amides is 3. The fraction of sp³-hybridized carbons (Fsp3) is 0.323. The molecule has 8 nitrogen and oxygen atoms in total. The maximum atomic E-state index is 13.3. The third kappa shape index (κ3) is 4.94. The third-order valence-corrected chi connectivity index (χ3v) is 7.49. The van der Waals surface area contributed by atoms with Crippen LogP contribution in [0.5, 0.6) is 0 Å². The molecule has 3 aromatic rings. The van der Waals surface area contributed by atoms with Crippen molar-refractivity contribution in [3.63, 3.8) is 0 Å². The molecule has 2 aromatic carbocycles. The van der Waals surface area contributed by atoms with Gasteiger partial charge >= 0.3 is 0 Å². The largest absolute Gasteiger partial charge is 0.329 e. The third-order valence-electron chi connectivity index (χ3n) is 7.49. The molecule has 0 saturated heterocycles. The van der Waals surface area contributed by atoms with Crippen molar-refractivity contribution in [1.29, 1.82) is 0 Å². The lowest BCUT2D eigenvalue weighted by Crippen LogP contribution is -2.43. The summed E-state index contributed by atoms with van der Waals surface area (Å²) in [4.78, 5) is 57.4. The Morgan fingerprint density at radius 3 is 2.51 bits per heavy atom. The van der Waals surface area contributed by atoms with Crippen molar-refractivity contribution in [2.75, 3.05) is 17.2 Å². The van der Waals surface area contributed by atoms with Crippen molar-refractivity contribution in [3.05, 3.63) is 88.6 Å². The number of anilines is 2. The van der Waals surface area contributed by atoms with E-state index < -0.39 is 10.8 Å². The Labute approximate surface area is 227 Å². The summed E-state index contributed by atoms with van der Waals surface area (Å²) in [5.41, 5.74) is 3.40. The van der Waals surface area contributed by atoms with E-state index in [0.29, 0.717) is 35.5 Å². The van der Waals surface area contributed by atoms with Crippen molar-refractivity contribution in [2.24, 2.45) is 5.41 Å². The maximum absolute atomic E-state index is 13.3. The van der Waals surface area contributed by atoms with Crippen LogP contribution >= 0.6 is 0 Å². The van der Waals surface area contributed by atoms with Crippen LogP contribution in [0.25, 0.3) is 0 Å². The lowest BCUT2D eigenvalue weighted by atomic mass is 9.79. The molecule has 0 saturated carbocycles. The number of benzene rings is 2. The van der Waals surface area contributed by atoms with Gasteiger partial charge in [-0.15, -0.1) is 0 Å². The van der Waals surface area contributed by atoms with E-state index in [2.05, 4.69) is 15.6 Å². The summed E-state index contributed by atoms with van der Waals surface area (Å²) in [5, 5.41) is 5.84. The van der Waals surface area contributed by atoms with Gasteiger partial charge in [0, 0.05) is 35.0 Å². The quantitative estimate of drug-likeness (QED) is 0.468. The Kier molecular flexibility index (Phi) is 6.58. The van der Waals surface area contributed by atoms with Crippen LogP contribution in [0, 0.1) is 5.41 Å². The summed E-state index contributed by atoms with van der Waals surface area (Å²) in [6.45, 7) is 6.89. The molecule has 200 valence electrons. The number of hydrogen-bond donors (Lipinski definition) is 2. The molecule has 0 radical (unpaired) electrons. The van der Waals surface area contributed by atoms with Gasteiger partial charge in [-0.1, -0.05) is 57.2 Å². The van der Waals surface area contributed by atoms with Crippen LogP contribution in [0.3, 0.4) is 0 Å². The molecule has 0 bridgehead atoms. The van der Waals surface area contributed by atoms with Crippen molar-refractivity contribution in [1.82, 2.24) is 9.88 Å². The monoisotopic (exact) mass is 524 g/mol. The zero-order valence-corrected chi connectivity index (χ0v) is 22.6. The van der Waals surface area contributed by atoms with E-state index in [4.69, 9.17) is 0 Å². The zero-order chi connectivity index (χ0) is 27.9. The second kappa shape index (κ2) is 9.76. The van der Waals surface area contributed by atoms with Gasteiger partial charge in [0.25, 0.3) is 0 Å². The first-order valence-electron chi connectivity index (χ1n) is 13.0. The van der Waals surface area contributed by atoms with Crippen molar-refractivity contribution in [3.8, 4) is 0 Å². The highest BCUT2D eigenvalue weighted by Gasteiger charge is 2.51. The number of pyridine rings is 1. The molecule has 3 amide bonds. The number of carbonyl (C=O) groups is 4. The van der Waals surface area contributed by atoms with Crippen molar-refractivity contribution < 1.29 is 19.2 Å². The summed E-state index contributed by atoms with van der Waals surface area (Å²) in [6.07, 6.45) is 2.76. The number of carbonyl (C=O) groups excluding carboxylic acids is 4. The van der Waals surface area contributed by atoms with Gasteiger partial charge in [-0.2, -0.15) is 0 Å². The van der Waals surface area contributed by atoms with E-state index in [1.54, 1.807) is 45.2 Å². The van der Waals surface area contributed by atoms with Crippen LogP contribution in [0.4, 0.5) is 11.5 Å². The number of nitrogens with one attached hydrogen (secondary N) is 2. The second-order valence-corrected chi connectivity index (χ2v) is 11.4. The van der Waals surface area contributed by atoms with E-state index in [-0.39, 0.29) is 36.6 Å². The lowest BCUT2D eigenvalue weighted by molar-refractivity contribution is -0.142. The number of nitrogens with zero attached hydrogens (tertiary/aromatic N) is 2. The zero-order valence-electron chi connectivity index (χ0n) is 22.6. The van der Waals surface area contributed by atoms with Crippen LogP contribution in [-0.4, -0.2) is 39.9 Å². The number of hydrogen-bond acceptors (Lipinski definition) is 5. The molecule has 2 heterocycles. The normalized spacial score (nSPS) is 17.4. The standard InChI is InChI=1S/C31H32N4O4/c1-19(36)24-9-6-5-8-21(24)17-35(29(39)30(2,3)4)18-26(37)33-23-12-11-20-15-31(16-22(20)14-23)25-10-7-13-32-27(25)34-28(31)38/h5-14H,15-18H2,1-4H3,(H,33,37)(H,32,34,38). The topological polar surface area (TPSA) is 108 Å². The summed E-state index contributed by atoms with van der Waals surface area (Å²) < 4.78 is 0. The molecule has 1 spiro atoms. The van der Waals surface area contributed by atoms with E-state index in [1.807, 2.05) is 36.4 Å². The first kappa shape index (κ1) is 26.3. The Morgan fingerprint density at radius 2 is 1.77 bits per heavy atom. The van der Waals surface area contributed by atoms with Gasteiger partial charge in [-0.25, -0.2) is 4.98 Å². The molecule has 2 N–H and O–H groups in total. The molecule has 2 aliphatic rings. The van der Waals surface area contributed by atoms with Crippen LogP contribution in [0.15, 0.2) is 60.8 Å². The maximum Gasteiger partial charge on any atom is 0.244 e. The second-order valence-electron chi connectivity index (χ2n) is 11.4. The average Bonchev–Trinajstić information content (AvgIpc) is 3.39. The van der Waals surface area contributed by atoms with Crippen LogP contribution in [0.2, 0.25) is 0 Å². The highest BCUT2D eigenvalue weighted by molar-refractivity contribution is 6.06. The van der Waals surface area contributed by atoms with Gasteiger partial charge in [0.15, 0.2) is 5.78 Å². The van der Waals surface area contributed by atoms with E-state index in [0.717, 1.165) is 16.7 Å². The van der Waals surface area contributed by atoms with Gasteiger partial charge in [0.05, 0.1) is 5.41 Å². The fourth-order valence-electron chi connectivity index (χ4n) is 5.60. The highest BCUT2D eigenvalue weighted by Crippen LogP contribution is 2.46. The number of ketones is 1. The minimum absolute atomic E-state index is 0.0554. The minimum Gasteiger partial charge on any atom is -0.329 e. The molecule has 5 rings (SSSR count). The first-order valence-corrected chi connectivity index (χ1v) is 13.0. The van der Waals surface area contributed by atoms with Gasteiger partial charge in [-0.3, -0.25) is 19.2 Å². The molecule has 1 aliphatic heterocycles. The fourth-order valence-corrected chi connectivity index (χ4v) is 5.60. The van der Waals surface area contributed by atoms with Crippen molar-refractivity contribution in [2.45, 2.75) is 52.5 Å². The van der Waals surface area contributed by atoms with Gasteiger partial charge < -0.3 is 15.5 Å². The van der Waals surface area contributed by atoms with Gasteiger partial charge in [-0.05, 0) is 54.7 Å². The average molecular weight is 525 g/mol. The predicted molar refractivity (Wildman–Crippen MR) is 148 cm³/mol. The molecule has 1 aliphatic carbocycles. The van der Waals surface area contributed by atoms with Crippen LogP contribution in [0.1, 0.15) is 60.3 Å². The van der Waals surface area contributed by atoms with Gasteiger partial charge in [0.1, 0.15) is 12.4 Å². The molecule has 1 atom stereocenters. The van der Waals surface area contributed by atoms with Gasteiger partial charge in [0.2, 0.25) is 17.7 Å². The Hall–Kier alpha value is -4.33. The summed E-state index contributed by atoms with van der Waals surface area (Å²) in [5.74, 6) is -0.0671. The summed E-state index contributed by atoms with van der Waals surface area (Å²) >= 11 is 0. The van der Waals surface area contributed by atoms with E-state index in [1.165, 1.54) is 11.8 Å². The van der Waals surface area contributed by atoms with Crippen LogP contribution in [-0.2, 0) is 39.2 Å². The molecule has 39 heavy (non-hydrogen) atoms. The SMILES string of the molecule is CC(=O)c1ccccc1CN(CC(=O)Nc1ccc2c(c1)CC1(C2)C(=O)Nc2ncccc21)C(=O)C(C)(C)C. The first-order chi connectivity index (χ1) is 18.5. The number of Topliss-reactive ketones (excluding diaryl/α,β-unsaturated/α-hetero) is 1. The molecular formula is C31H32N4O4. The lowest BCUT2D eigenvalue weighted by Gasteiger charge is -2.29. The smallest absolute Gasteiger partial charge is 0.244 e. The van der Waals surface area contributed by atoms with Crippen molar-refractivity contribution >= 4 is 35.0 Å². The minimum atomic E-state index is -0.708. The number of fused-ring (bicyclic) bond motifs is 3. The van der Waals surface area contributed by atoms with E-state index in [9.17, 15) is 19.2 Å². The summed E-state index contributed by atoms with van der Waals surface area (Å²) in [7, 11) is 0. The highest BCUT2D eigenvalue weighted by atomic mass is 16.2. The Balaban J connectivity index is 1.34. The van der Waals surface area contributed by atoms with Crippen LogP contribution < -0.4 is 10.6 Å². The number of rotatable bonds is 6. The summed E-state index contributed by atoms with van der Waals surface area (Å²) in [6, 6.07) is 16.6. The predicted octanol–water partition coefficient (Wildman–Crippen LogP) is 4.29. The Bertz CT molecular complexity index is 1510. The molecule has 8 heteroatoms. The molecule has 1 unspecified atom stereocenters. The Morgan fingerprint density at radius 1 is 1.03 bits per heavy atom. The number of aromatic nitrogens is 1. The molecular weight excluding hydrogens is 492 g/mol. The molecule has 0 fully saturated rings. The van der Waals surface area contributed by atoms with E-state index >= 15 is 0 Å². The molecule has 1 aromatic heterocycles.